The molecule has 1 aliphatic heterocycles. The van der Waals surface area contributed by atoms with Crippen LogP contribution < -0.4 is 0 Å². The van der Waals surface area contributed by atoms with Crippen molar-refractivity contribution in [3.8, 4) is 0 Å². The number of rotatable bonds is 4. The quantitative estimate of drug-likeness (QED) is 0.673. The number of nitrogens with zero attached hydrogens (tertiary/aromatic N) is 4. The van der Waals surface area contributed by atoms with E-state index in [1.54, 1.807) is 11.0 Å². The summed E-state index contributed by atoms with van der Waals surface area (Å²) in [5, 5.41) is 0. The first-order valence-electron chi connectivity index (χ1n) is 9.47. The Morgan fingerprint density at radius 2 is 1.83 bits per heavy atom. The second-order valence-corrected chi connectivity index (χ2v) is 7.23. The highest BCUT2D eigenvalue weighted by Crippen LogP contribution is 2.29. The van der Waals surface area contributed by atoms with Crippen LogP contribution in [0.1, 0.15) is 16.8 Å². The number of benzene rings is 1. The number of hydrogen-bond donors (Lipinski definition) is 0. The summed E-state index contributed by atoms with van der Waals surface area (Å²) in [6.45, 7) is 3.25. The third-order valence-corrected chi connectivity index (χ3v) is 5.13. The summed E-state index contributed by atoms with van der Waals surface area (Å²) in [6.07, 6.45) is -0.463. The van der Waals surface area contributed by atoms with Gasteiger partial charge in [-0.05, 0) is 23.8 Å². The van der Waals surface area contributed by atoms with Crippen molar-refractivity contribution in [1.82, 2.24) is 19.2 Å². The van der Waals surface area contributed by atoms with Gasteiger partial charge in [0.1, 0.15) is 5.65 Å². The Hall–Kier alpha value is -2.87. The van der Waals surface area contributed by atoms with Crippen LogP contribution in [-0.2, 0) is 23.9 Å². The molecule has 1 saturated heterocycles. The average Bonchev–Trinajstić information content (AvgIpc) is 3.10. The average molecular weight is 402 g/mol. The van der Waals surface area contributed by atoms with Crippen LogP contribution in [0.5, 0.6) is 0 Å². The van der Waals surface area contributed by atoms with Crippen molar-refractivity contribution in [2.24, 2.45) is 0 Å². The molecule has 1 aromatic carbocycles. The van der Waals surface area contributed by atoms with Gasteiger partial charge >= 0.3 is 6.18 Å². The van der Waals surface area contributed by atoms with Crippen molar-refractivity contribution in [3.63, 3.8) is 0 Å². The number of carbonyl (C=O) groups is 1. The number of alkyl halides is 3. The smallest absolute Gasteiger partial charge is 0.340 e. The van der Waals surface area contributed by atoms with E-state index in [0.717, 1.165) is 23.5 Å². The Morgan fingerprint density at radius 1 is 1.03 bits per heavy atom. The number of aromatic nitrogens is 2. The maximum atomic E-state index is 12.8. The van der Waals surface area contributed by atoms with Crippen molar-refractivity contribution in [2.75, 3.05) is 26.2 Å². The van der Waals surface area contributed by atoms with E-state index in [2.05, 4.69) is 9.88 Å². The molecule has 29 heavy (non-hydrogen) atoms. The largest absolute Gasteiger partial charge is 0.416 e. The second-order valence-electron chi connectivity index (χ2n) is 7.23. The van der Waals surface area contributed by atoms with E-state index in [9.17, 15) is 18.0 Å². The van der Waals surface area contributed by atoms with Crippen LogP contribution in [0, 0.1) is 0 Å². The number of imidazole rings is 1. The van der Waals surface area contributed by atoms with Gasteiger partial charge in [0, 0.05) is 45.1 Å². The van der Waals surface area contributed by atoms with Crippen LogP contribution in [0.3, 0.4) is 0 Å². The molecule has 0 N–H and O–H groups in total. The molecule has 0 unspecified atom stereocenters. The molecule has 4 rings (SSSR count). The van der Waals surface area contributed by atoms with Crippen LogP contribution >= 0.6 is 0 Å². The molecule has 0 saturated carbocycles. The molecular weight excluding hydrogens is 381 g/mol. The van der Waals surface area contributed by atoms with Crippen LogP contribution in [-0.4, -0.2) is 51.3 Å². The molecule has 1 amide bonds. The van der Waals surface area contributed by atoms with Crippen LogP contribution in [0.2, 0.25) is 0 Å². The Morgan fingerprint density at radius 3 is 2.55 bits per heavy atom. The zero-order valence-corrected chi connectivity index (χ0v) is 15.8. The molecule has 0 atom stereocenters. The predicted octanol–water partition coefficient (Wildman–Crippen LogP) is 3.24. The van der Waals surface area contributed by atoms with Crippen LogP contribution in [0.25, 0.3) is 5.65 Å². The summed E-state index contributed by atoms with van der Waals surface area (Å²) >= 11 is 0. The van der Waals surface area contributed by atoms with Crippen molar-refractivity contribution in [2.45, 2.75) is 19.1 Å². The highest BCUT2D eigenvalue weighted by atomic mass is 19.4. The molecule has 3 heterocycles. The Balaban J connectivity index is 1.31. The molecule has 0 aliphatic carbocycles. The zero-order chi connectivity index (χ0) is 20.4. The summed E-state index contributed by atoms with van der Waals surface area (Å²) in [4.78, 5) is 21.1. The first-order chi connectivity index (χ1) is 13.9. The molecule has 5 nitrogen and oxygen atoms in total. The van der Waals surface area contributed by atoms with Crippen molar-refractivity contribution >= 4 is 11.6 Å². The fourth-order valence-electron chi connectivity index (χ4n) is 3.59. The van der Waals surface area contributed by atoms with Gasteiger partial charge < -0.3 is 9.30 Å². The molecule has 2 aromatic heterocycles. The highest BCUT2D eigenvalue weighted by molar-refractivity contribution is 5.79. The number of halogens is 3. The normalized spacial score (nSPS) is 15.8. The van der Waals surface area contributed by atoms with Crippen LogP contribution in [0.4, 0.5) is 13.2 Å². The molecular formula is C21H21F3N4O. The van der Waals surface area contributed by atoms with Gasteiger partial charge in [-0.2, -0.15) is 13.2 Å². The van der Waals surface area contributed by atoms with Gasteiger partial charge in [-0.3, -0.25) is 9.69 Å². The first-order valence-corrected chi connectivity index (χ1v) is 9.47. The van der Waals surface area contributed by atoms with Gasteiger partial charge in [0.2, 0.25) is 5.91 Å². The maximum Gasteiger partial charge on any atom is 0.416 e. The van der Waals surface area contributed by atoms with Gasteiger partial charge in [0.05, 0.1) is 17.7 Å². The van der Waals surface area contributed by atoms with Gasteiger partial charge in [-0.25, -0.2) is 4.98 Å². The lowest BCUT2D eigenvalue weighted by atomic mass is 10.1. The van der Waals surface area contributed by atoms with E-state index in [4.69, 9.17) is 0 Å². The predicted molar refractivity (Wildman–Crippen MR) is 102 cm³/mol. The number of pyridine rings is 1. The van der Waals surface area contributed by atoms with Gasteiger partial charge in [-0.15, -0.1) is 0 Å². The van der Waals surface area contributed by atoms with Crippen molar-refractivity contribution < 1.29 is 18.0 Å². The van der Waals surface area contributed by atoms with Crippen LogP contribution in [0.15, 0.2) is 54.9 Å². The van der Waals surface area contributed by atoms with Gasteiger partial charge in [0.25, 0.3) is 0 Å². The minimum Gasteiger partial charge on any atom is -0.340 e. The fourth-order valence-corrected chi connectivity index (χ4v) is 3.59. The van der Waals surface area contributed by atoms with E-state index in [1.165, 1.54) is 6.07 Å². The lowest BCUT2D eigenvalue weighted by molar-refractivity contribution is -0.138. The fraction of sp³-hybridized carbons (Fsp3) is 0.333. The highest BCUT2D eigenvalue weighted by Gasteiger charge is 2.30. The van der Waals surface area contributed by atoms with Gasteiger partial charge in [-0.1, -0.05) is 24.3 Å². The number of hydrogen-bond acceptors (Lipinski definition) is 3. The number of amides is 1. The van der Waals surface area contributed by atoms with E-state index in [-0.39, 0.29) is 12.3 Å². The summed E-state index contributed by atoms with van der Waals surface area (Å²) < 4.78 is 40.5. The summed E-state index contributed by atoms with van der Waals surface area (Å²) in [6, 6.07) is 10.8. The standard InChI is InChI=1S/C21H21F3N4O/c22-21(23,24)17-5-3-4-16(12-17)13-20(29)27-10-8-26(9-11-27)14-18-15-28-7-2-1-6-19(28)25-18/h1-7,12,15H,8-11,13-14H2. The first kappa shape index (κ1) is 19.4. The number of piperazine rings is 1. The molecule has 3 aromatic rings. The SMILES string of the molecule is O=C(Cc1cccc(C(F)(F)F)c1)N1CCN(Cc2cn3ccccc3n2)CC1. The topological polar surface area (TPSA) is 40.9 Å². The van der Waals surface area contributed by atoms with E-state index < -0.39 is 11.7 Å². The van der Waals surface area contributed by atoms with Crippen molar-refractivity contribution in [1.29, 1.82) is 0 Å². The minimum absolute atomic E-state index is 0.0175. The molecule has 152 valence electrons. The lowest BCUT2D eigenvalue weighted by Gasteiger charge is -2.34. The zero-order valence-electron chi connectivity index (χ0n) is 15.8. The molecule has 0 spiro atoms. The Bertz CT molecular complexity index is 973. The summed E-state index contributed by atoms with van der Waals surface area (Å²) in [5.74, 6) is -0.142. The second kappa shape index (κ2) is 7.87. The van der Waals surface area contributed by atoms with E-state index >= 15 is 0 Å². The molecule has 8 heteroatoms. The van der Waals surface area contributed by atoms with Crippen molar-refractivity contribution in [3.05, 3.63) is 71.7 Å². The summed E-state index contributed by atoms with van der Waals surface area (Å²) in [7, 11) is 0. The number of fused-ring (bicyclic) bond motifs is 1. The van der Waals surface area contributed by atoms with E-state index in [0.29, 0.717) is 38.3 Å². The molecule has 0 radical (unpaired) electrons. The summed E-state index contributed by atoms with van der Waals surface area (Å²) in [5.41, 5.74) is 1.54. The minimum atomic E-state index is -4.40. The Kier molecular flexibility index (Phi) is 5.27. The maximum absolute atomic E-state index is 12.8. The lowest BCUT2D eigenvalue weighted by Crippen LogP contribution is -2.48. The third kappa shape index (κ3) is 4.59. The van der Waals surface area contributed by atoms with E-state index in [1.807, 2.05) is 35.0 Å². The third-order valence-electron chi connectivity index (χ3n) is 5.13. The monoisotopic (exact) mass is 402 g/mol. The molecule has 1 fully saturated rings. The Labute approximate surface area is 166 Å². The molecule has 1 aliphatic rings. The molecule has 0 bridgehead atoms. The van der Waals surface area contributed by atoms with Gasteiger partial charge in [0.15, 0.2) is 0 Å². The number of carbonyl (C=O) groups excluding carboxylic acids is 1.